The van der Waals surface area contributed by atoms with E-state index >= 15 is 0 Å². The van der Waals surface area contributed by atoms with Gasteiger partial charge in [-0.3, -0.25) is 0 Å². The molecular formula is C11H19N3O3S. The Morgan fingerprint density at radius 2 is 2.06 bits per heavy atom. The van der Waals surface area contributed by atoms with Crippen molar-refractivity contribution in [2.75, 3.05) is 40.0 Å². The molecule has 0 unspecified atom stereocenters. The van der Waals surface area contributed by atoms with Gasteiger partial charge in [-0.1, -0.05) is 0 Å². The average molecular weight is 273 g/mol. The Morgan fingerprint density at radius 3 is 2.56 bits per heavy atom. The first-order chi connectivity index (χ1) is 8.36. The summed E-state index contributed by atoms with van der Waals surface area (Å²) in [5.74, 6) is 0.560. The maximum atomic E-state index is 11.6. The summed E-state index contributed by atoms with van der Waals surface area (Å²) in [5.41, 5.74) is 5.88. The van der Waals surface area contributed by atoms with Crippen LogP contribution < -0.4 is 15.2 Å². The third kappa shape index (κ3) is 3.86. The largest absolute Gasteiger partial charge is 0.492 e. The lowest BCUT2D eigenvalue weighted by Gasteiger charge is -2.12. The molecule has 0 aliphatic rings. The Morgan fingerprint density at radius 1 is 1.39 bits per heavy atom. The van der Waals surface area contributed by atoms with Crippen LogP contribution in [0.5, 0.6) is 5.75 Å². The highest BCUT2D eigenvalue weighted by atomic mass is 32.2. The summed E-state index contributed by atoms with van der Waals surface area (Å²) in [7, 11) is 1.71. The molecule has 0 aliphatic carbocycles. The van der Waals surface area contributed by atoms with Crippen molar-refractivity contribution < 1.29 is 13.2 Å². The SMILES string of the molecule is CNS(=O)(=O)c1ccc(OCCN(C)C)cc1N. The predicted molar refractivity (Wildman–Crippen MR) is 71.1 cm³/mol. The number of sulfonamides is 1. The number of nitrogens with two attached hydrogens (primary N) is 1. The average Bonchev–Trinajstić information content (AvgIpc) is 2.28. The molecule has 0 saturated heterocycles. The van der Waals surface area contributed by atoms with E-state index in [4.69, 9.17) is 10.5 Å². The number of nitrogen functional groups attached to an aromatic ring is 1. The van der Waals surface area contributed by atoms with Crippen LogP contribution in [-0.2, 0) is 10.0 Å². The predicted octanol–water partition coefficient (Wildman–Crippen LogP) is 0.117. The van der Waals surface area contributed by atoms with Gasteiger partial charge in [-0.2, -0.15) is 0 Å². The molecule has 6 nitrogen and oxygen atoms in total. The van der Waals surface area contributed by atoms with Gasteiger partial charge in [0, 0.05) is 12.6 Å². The normalized spacial score (nSPS) is 11.8. The van der Waals surface area contributed by atoms with Crippen molar-refractivity contribution in [3.8, 4) is 5.75 Å². The van der Waals surface area contributed by atoms with Gasteiger partial charge >= 0.3 is 0 Å². The molecule has 1 aromatic carbocycles. The highest BCUT2D eigenvalue weighted by molar-refractivity contribution is 7.89. The minimum absolute atomic E-state index is 0.0601. The van der Waals surface area contributed by atoms with E-state index in [1.165, 1.54) is 19.2 Å². The monoisotopic (exact) mass is 273 g/mol. The highest BCUT2D eigenvalue weighted by Crippen LogP contribution is 2.23. The Hall–Kier alpha value is -1.31. The molecule has 0 spiro atoms. The van der Waals surface area contributed by atoms with Crippen LogP contribution in [0, 0.1) is 0 Å². The van der Waals surface area contributed by atoms with Crippen LogP contribution >= 0.6 is 0 Å². The number of benzene rings is 1. The molecule has 1 aromatic rings. The molecule has 0 amide bonds. The van der Waals surface area contributed by atoms with E-state index in [9.17, 15) is 8.42 Å². The van der Waals surface area contributed by atoms with E-state index in [-0.39, 0.29) is 10.6 Å². The van der Waals surface area contributed by atoms with Crippen molar-refractivity contribution >= 4 is 15.7 Å². The molecule has 102 valence electrons. The first-order valence-electron chi connectivity index (χ1n) is 5.47. The fraction of sp³-hybridized carbons (Fsp3) is 0.455. The van der Waals surface area contributed by atoms with Crippen LogP contribution in [-0.4, -0.2) is 47.6 Å². The topological polar surface area (TPSA) is 84.7 Å². The van der Waals surface area contributed by atoms with E-state index in [2.05, 4.69) is 4.72 Å². The van der Waals surface area contributed by atoms with Gasteiger partial charge in [0.15, 0.2) is 0 Å². The van der Waals surface area contributed by atoms with E-state index in [1.807, 2.05) is 19.0 Å². The zero-order valence-corrected chi connectivity index (χ0v) is 11.6. The smallest absolute Gasteiger partial charge is 0.242 e. The number of nitrogens with zero attached hydrogens (tertiary/aromatic N) is 1. The van der Waals surface area contributed by atoms with E-state index in [1.54, 1.807) is 6.07 Å². The summed E-state index contributed by atoms with van der Waals surface area (Å²) in [5, 5.41) is 0. The first kappa shape index (κ1) is 14.7. The number of ether oxygens (including phenoxy) is 1. The number of hydrogen-bond acceptors (Lipinski definition) is 5. The van der Waals surface area contributed by atoms with Crippen LogP contribution in [0.15, 0.2) is 23.1 Å². The number of likely N-dealkylation sites (N-methyl/N-ethyl adjacent to an activating group) is 1. The molecule has 0 heterocycles. The quantitative estimate of drug-likeness (QED) is 0.719. The van der Waals surface area contributed by atoms with Gasteiger partial charge in [0.05, 0.1) is 5.69 Å². The van der Waals surface area contributed by atoms with Gasteiger partial charge in [-0.05, 0) is 33.3 Å². The van der Waals surface area contributed by atoms with Crippen LogP contribution in [0.4, 0.5) is 5.69 Å². The molecule has 0 radical (unpaired) electrons. The van der Waals surface area contributed by atoms with Gasteiger partial charge in [0.25, 0.3) is 0 Å². The molecule has 7 heteroatoms. The zero-order valence-electron chi connectivity index (χ0n) is 10.8. The lowest BCUT2D eigenvalue weighted by molar-refractivity contribution is 0.261. The Bertz CT molecular complexity index is 500. The second-order valence-electron chi connectivity index (χ2n) is 4.06. The molecular weight excluding hydrogens is 254 g/mol. The summed E-state index contributed by atoms with van der Waals surface area (Å²) >= 11 is 0. The Kier molecular flexibility index (Phi) is 4.94. The summed E-state index contributed by atoms with van der Waals surface area (Å²) in [6, 6.07) is 4.54. The minimum atomic E-state index is -3.52. The molecule has 0 atom stereocenters. The third-order valence-electron chi connectivity index (χ3n) is 2.35. The van der Waals surface area contributed by atoms with E-state index < -0.39 is 10.0 Å². The molecule has 0 saturated carbocycles. The summed E-state index contributed by atoms with van der Waals surface area (Å²) in [6.45, 7) is 1.29. The maximum Gasteiger partial charge on any atom is 0.242 e. The number of rotatable bonds is 6. The first-order valence-corrected chi connectivity index (χ1v) is 6.95. The molecule has 0 fully saturated rings. The lowest BCUT2D eigenvalue weighted by atomic mass is 10.3. The standard InChI is InChI=1S/C11H19N3O3S/c1-13-18(15,16)11-5-4-9(8-10(11)12)17-7-6-14(2)3/h4-5,8,13H,6-7,12H2,1-3H3. The molecule has 1 rings (SSSR count). The van der Waals surface area contributed by atoms with Gasteiger partial charge < -0.3 is 15.4 Å². The molecule has 3 N–H and O–H groups in total. The second-order valence-corrected chi connectivity index (χ2v) is 5.91. The van der Waals surface area contributed by atoms with Crippen LogP contribution in [0.2, 0.25) is 0 Å². The summed E-state index contributed by atoms with van der Waals surface area (Å²) in [6.07, 6.45) is 0. The third-order valence-corrected chi connectivity index (χ3v) is 3.83. The lowest BCUT2D eigenvalue weighted by Crippen LogP contribution is -2.20. The summed E-state index contributed by atoms with van der Waals surface area (Å²) < 4.78 is 30.9. The van der Waals surface area contributed by atoms with Crippen molar-refractivity contribution in [3.05, 3.63) is 18.2 Å². The fourth-order valence-corrected chi connectivity index (χ4v) is 2.15. The van der Waals surface area contributed by atoms with Gasteiger partial charge in [0.2, 0.25) is 10.0 Å². The molecule has 0 bridgehead atoms. The molecule has 0 aliphatic heterocycles. The number of hydrogen-bond donors (Lipinski definition) is 2. The van der Waals surface area contributed by atoms with Crippen molar-refractivity contribution in [1.82, 2.24) is 9.62 Å². The Balaban J connectivity index is 2.80. The van der Waals surface area contributed by atoms with Gasteiger partial charge in [-0.25, -0.2) is 13.1 Å². The second kappa shape index (κ2) is 6.03. The van der Waals surface area contributed by atoms with Crippen LogP contribution in [0.1, 0.15) is 0 Å². The van der Waals surface area contributed by atoms with Gasteiger partial charge in [0.1, 0.15) is 17.3 Å². The van der Waals surface area contributed by atoms with Crippen LogP contribution in [0.25, 0.3) is 0 Å². The van der Waals surface area contributed by atoms with Crippen molar-refractivity contribution in [3.63, 3.8) is 0 Å². The van der Waals surface area contributed by atoms with Crippen LogP contribution in [0.3, 0.4) is 0 Å². The van der Waals surface area contributed by atoms with Crippen molar-refractivity contribution in [2.24, 2.45) is 0 Å². The van der Waals surface area contributed by atoms with Gasteiger partial charge in [-0.15, -0.1) is 0 Å². The highest BCUT2D eigenvalue weighted by Gasteiger charge is 2.15. The fourth-order valence-electron chi connectivity index (χ4n) is 1.32. The van der Waals surface area contributed by atoms with Crippen molar-refractivity contribution in [1.29, 1.82) is 0 Å². The van der Waals surface area contributed by atoms with E-state index in [0.717, 1.165) is 6.54 Å². The summed E-state index contributed by atoms with van der Waals surface area (Å²) in [4.78, 5) is 2.05. The van der Waals surface area contributed by atoms with Crippen molar-refractivity contribution in [2.45, 2.75) is 4.90 Å². The Labute approximate surface area is 108 Å². The minimum Gasteiger partial charge on any atom is -0.492 e. The maximum absolute atomic E-state index is 11.6. The molecule has 0 aromatic heterocycles. The van der Waals surface area contributed by atoms with E-state index in [0.29, 0.717) is 12.4 Å². The zero-order chi connectivity index (χ0) is 13.8. The number of nitrogens with one attached hydrogen (secondary N) is 1. The molecule has 18 heavy (non-hydrogen) atoms. The number of anilines is 1.